The molecule has 1 atom stereocenters. The third-order valence-corrected chi connectivity index (χ3v) is 5.90. The molecule has 1 saturated heterocycles. The summed E-state index contributed by atoms with van der Waals surface area (Å²) in [7, 11) is 2.88. The Morgan fingerprint density at radius 1 is 1.29 bits per heavy atom. The van der Waals surface area contributed by atoms with Crippen molar-refractivity contribution in [2.24, 2.45) is 5.92 Å². The minimum absolute atomic E-state index is 0.0449. The summed E-state index contributed by atoms with van der Waals surface area (Å²) in [6.45, 7) is 0.542. The predicted molar refractivity (Wildman–Crippen MR) is 101 cm³/mol. The van der Waals surface area contributed by atoms with Gasteiger partial charge >= 0.3 is 5.97 Å². The van der Waals surface area contributed by atoms with Crippen LogP contribution in [0.15, 0.2) is 33.5 Å². The zero-order chi connectivity index (χ0) is 19.9. The van der Waals surface area contributed by atoms with Gasteiger partial charge in [-0.2, -0.15) is 0 Å². The van der Waals surface area contributed by atoms with E-state index in [1.54, 1.807) is 18.2 Å². The van der Waals surface area contributed by atoms with Crippen molar-refractivity contribution in [3.8, 4) is 5.75 Å². The fourth-order valence-corrected chi connectivity index (χ4v) is 4.31. The quantitative estimate of drug-likeness (QED) is 0.753. The molecule has 1 unspecified atom stereocenters. The van der Waals surface area contributed by atoms with Crippen molar-refractivity contribution in [1.82, 2.24) is 4.90 Å². The maximum atomic E-state index is 13.2. The summed E-state index contributed by atoms with van der Waals surface area (Å²) >= 11 is 0. The molecule has 7 heteroatoms. The van der Waals surface area contributed by atoms with Gasteiger partial charge in [0.25, 0.3) is 5.91 Å². The number of likely N-dealkylation sites (tertiary alicyclic amines) is 1. The van der Waals surface area contributed by atoms with Gasteiger partial charge in [-0.05, 0) is 43.7 Å². The second-order valence-electron chi connectivity index (χ2n) is 7.63. The number of esters is 1. The molecule has 1 saturated carbocycles. The average Bonchev–Trinajstić information content (AvgIpc) is 3.46. The number of methoxy groups -OCH3 is 2. The summed E-state index contributed by atoms with van der Waals surface area (Å²) in [4.78, 5) is 39.2. The molecule has 1 aromatic heterocycles. The van der Waals surface area contributed by atoms with Crippen LogP contribution in [0.4, 0.5) is 0 Å². The highest BCUT2D eigenvalue weighted by atomic mass is 16.5. The van der Waals surface area contributed by atoms with Gasteiger partial charge in [0.15, 0.2) is 11.2 Å². The lowest BCUT2D eigenvalue weighted by Gasteiger charge is -2.39. The van der Waals surface area contributed by atoms with Crippen LogP contribution in [0.3, 0.4) is 0 Å². The summed E-state index contributed by atoms with van der Waals surface area (Å²) in [5, 5.41) is 0.333. The van der Waals surface area contributed by atoms with Crippen molar-refractivity contribution in [3.05, 3.63) is 40.2 Å². The van der Waals surface area contributed by atoms with Gasteiger partial charge in [-0.3, -0.25) is 14.4 Å². The Bertz CT molecular complexity index is 990. The van der Waals surface area contributed by atoms with Gasteiger partial charge in [0, 0.05) is 24.6 Å². The molecule has 2 heterocycles. The van der Waals surface area contributed by atoms with Crippen molar-refractivity contribution in [3.63, 3.8) is 0 Å². The number of benzene rings is 1. The molecule has 4 rings (SSSR count). The number of rotatable bonds is 4. The first kappa shape index (κ1) is 18.5. The van der Waals surface area contributed by atoms with E-state index >= 15 is 0 Å². The molecule has 1 aliphatic heterocycles. The van der Waals surface area contributed by atoms with Gasteiger partial charge in [-0.25, -0.2) is 0 Å². The van der Waals surface area contributed by atoms with Crippen LogP contribution in [0.1, 0.15) is 42.7 Å². The summed E-state index contributed by atoms with van der Waals surface area (Å²) in [5.41, 5.74) is -0.191. The summed E-state index contributed by atoms with van der Waals surface area (Å²) in [5.74, 6) is 0.203. The Morgan fingerprint density at radius 2 is 2.07 bits per heavy atom. The Kier molecular flexibility index (Phi) is 4.61. The SMILES string of the molecule is COC(=O)CC1CCN(C(=O)c2cc(=O)c3c(OC)cccc3o2)C2(CC2)C1. The Balaban J connectivity index is 1.60. The fraction of sp³-hybridized carbons (Fsp3) is 0.476. The van der Waals surface area contributed by atoms with Gasteiger partial charge in [0.2, 0.25) is 0 Å². The number of piperidine rings is 1. The highest BCUT2D eigenvalue weighted by Crippen LogP contribution is 2.51. The molecule has 1 aromatic carbocycles. The molecule has 2 aromatic rings. The zero-order valence-electron chi connectivity index (χ0n) is 16.0. The van der Waals surface area contributed by atoms with Crippen LogP contribution in [-0.2, 0) is 9.53 Å². The smallest absolute Gasteiger partial charge is 0.305 e. The molecule has 7 nitrogen and oxygen atoms in total. The van der Waals surface area contributed by atoms with Crippen molar-refractivity contribution >= 4 is 22.8 Å². The number of hydrogen-bond acceptors (Lipinski definition) is 6. The third kappa shape index (κ3) is 3.15. The molecular formula is C21H23NO6. The van der Waals surface area contributed by atoms with Crippen LogP contribution >= 0.6 is 0 Å². The minimum atomic E-state index is -0.299. The molecule has 2 aliphatic rings. The maximum Gasteiger partial charge on any atom is 0.305 e. The van der Waals surface area contributed by atoms with E-state index < -0.39 is 0 Å². The monoisotopic (exact) mass is 385 g/mol. The van der Waals surface area contributed by atoms with E-state index in [1.807, 2.05) is 4.90 Å². The van der Waals surface area contributed by atoms with Crippen LogP contribution in [0.2, 0.25) is 0 Å². The van der Waals surface area contributed by atoms with E-state index in [2.05, 4.69) is 0 Å². The molecule has 1 aliphatic carbocycles. The molecule has 0 bridgehead atoms. The Morgan fingerprint density at radius 3 is 2.75 bits per heavy atom. The Labute approximate surface area is 162 Å². The van der Waals surface area contributed by atoms with E-state index in [0.29, 0.717) is 29.7 Å². The van der Waals surface area contributed by atoms with E-state index in [9.17, 15) is 14.4 Å². The van der Waals surface area contributed by atoms with Crippen molar-refractivity contribution in [2.45, 2.75) is 37.6 Å². The van der Waals surface area contributed by atoms with E-state index in [4.69, 9.17) is 13.9 Å². The number of amides is 1. The number of fused-ring (bicyclic) bond motifs is 1. The summed E-state index contributed by atoms with van der Waals surface area (Å²) < 4.78 is 15.8. The van der Waals surface area contributed by atoms with E-state index in [0.717, 1.165) is 25.7 Å². The Hall–Kier alpha value is -2.83. The molecule has 1 amide bonds. The van der Waals surface area contributed by atoms with Crippen LogP contribution in [0, 0.1) is 5.92 Å². The standard InChI is InChI=1S/C21H23NO6/c1-26-15-4-3-5-16-19(15)14(23)11-17(28-16)20(25)22-9-6-13(10-18(24)27-2)12-21(22)7-8-21/h3-5,11,13H,6-10,12H2,1-2H3. The second kappa shape index (κ2) is 6.96. The molecular weight excluding hydrogens is 362 g/mol. The van der Waals surface area contributed by atoms with Crippen molar-refractivity contribution in [2.75, 3.05) is 20.8 Å². The van der Waals surface area contributed by atoms with Crippen molar-refractivity contribution < 1.29 is 23.5 Å². The minimum Gasteiger partial charge on any atom is -0.496 e. The van der Waals surface area contributed by atoms with Gasteiger partial charge in [0.05, 0.1) is 14.2 Å². The van der Waals surface area contributed by atoms with Gasteiger partial charge in [0.1, 0.15) is 16.7 Å². The first-order valence-electron chi connectivity index (χ1n) is 9.47. The van der Waals surface area contributed by atoms with E-state index in [1.165, 1.54) is 20.3 Å². The van der Waals surface area contributed by atoms with Crippen LogP contribution in [0.25, 0.3) is 11.0 Å². The fourth-order valence-electron chi connectivity index (χ4n) is 4.31. The average molecular weight is 385 g/mol. The summed E-state index contributed by atoms with van der Waals surface area (Å²) in [6, 6.07) is 6.32. The first-order valence-corrected chi connectivity index (χ1v) is 9.47. The largest absolute Gasteiger partial charge is 0.496 e. The number of carbonyl (C=O) groups excluding carboxylic acids is 2. The molecule has 1 spiro atoms. The normalized spacial score (nSPS) is 20.2. The predicted octanol–water partition coefficient (Wildman–Crippen LogP) is 2.75. The van der Waals surface area contributed by atoms with Gasteiger partial charge in [-0.15, -0.1) is 0 Å². The molecule has 0 radical (unpaired) electrons. The first-order chi connectivity index (χ1) is 13.5. The molecule has 28 heavy (non-hydrogen) atoms. The van der Waals surface area contributed by atoms with Gasteiger partial charge in [-0.1, -0.05) is 6.07 Å². The van der Waals surface area contributed by atoms with Crippen LogP contribution < -0.4 is 10.2 Å². The maximum absolute atomic E-state index is 13.2. The molecule has 0 N–H and O–H groups in total. The van der Waals surface area contributed by atoms with Crippen molar-refractivity contribution in [1.29, 1.82) is 0 Å². The number of nitrogens with zero attached hydrogens (tertiary/aromatic N) is 1. The number of hydrogen-bond donors (Lipinski definition) is 0. The third-order valence-electron chi connectivity index (χ3n) is 5.90. The molecule has 148 valence electrons. The zero-order valence-corrected chi connectivity index (χ0v) is 16.0. The lowest BCUT2D eigenvalue weighted by Crippen LogP contribution is -2.48. The lowest BCUT2D eigenvalue weighted by atomic mass is 9.86. The highest BCUT2D eigenvalue weighted by Gasteiger charge is 2.53. The number of ether oxygens (including phenoxy) is 2. The topological polar surface area (TPSA) is 86.0 Å². The molecule has 2 fully saturated rings. The highest BCUT2D eigenvalue weighted by molar-refractivity contribution is 5.94. The summed E-state index contributed by atoms with van der Waals surface area (Å²) in [6.07, 6.45) is 3.70. The lowest BCUT2D eigenvalue weighted by molar-refractivity contribution is -0.142. The van der Waals surface area contributed by atoms with Gasteiger partial charge < -0.3 is 18.8 Å². The number of carbonyl (C=O) groups is 2. The van der Waals surface area contributed by atoms with Crippen LogP contribution in [-0.4, -0.2) is 43.1 Å². The van der Waals surface area contributed by atoms with E-state index in [-0.39, 0.29) is 34.5 Å². The van der Waals surface area contributed by atoms with Crippen LogP contribution in [0.5, 0.6) is 5.75 Å². The second-order valence-corrected chi connectivity index (χ2v) is 7.63.